The van der Waals surface area contributed by atoms with E-state index >= 15 is 0 Å². The average Bonchev–Trinajstić information content (AvgIpc) is 2.35. The Bertz CT molecular complexity index is 415. The summed E-state index contributed by atoms with van der Waals surface area (Å²) in [6, 6.07) is 2.27. The van der Waals surface area contributed by atoms with Gasteiger partial charge in [-0.25, -0.2) is 9.97 Å². The van der Waals surface area contributed by atoms with Gasteiger partial charge in [0.25, 0.3) is 0 Å². The Balaban J connectivity index is 2.91. The van der Waals surface area contributed by atoms with Gasteiger partial charge in [-0.3, -0.25) is 0 Å². The topological polar surface area (TPSA) is 59.1 Å². The molecule has 0 saturated carbocycles. The molecule has 1 aromatic rings. The fraction of sp³-hybridized carbons (Fsp3) is 0.733. The zero-order chi connectivity index (χ0) is 15.2. The molecule has 0 radical (unpaired) electrons. The van der Waals surface area contributed by atoms with Crippen LogP contribution in [0.1, 0.15) is 46.9 Å². The lowest BCUT2D eigenvalue weighted by Crippen LogP contribution is -2.22. The maximum absolute atomic E-state index is 5.11. The number of ether oxygens (including phenoxy) is 1. The number of hydrogen-bond acceptors (Lipinski definition) is 5. The summed E-state index contributed by atoms with van der Waals surface area (Å²) < 4.78 is 5.11. The van der Waals surface area contributed by atoms with E-state index in [2.05, 4.69) is 55.2 Å². The highest BCUT2D eigenvalue weighted by atomic mass is 16.5. The second-order valence-electron chi connectivity index (χ2n) is 6.07. The summed E-state index contributed by atoms with van der Waals surface area (Å²) >= 11 is 0. The molecule has 20 heavy (non-hydrogen) atoms. The van der Waals surface area contributed by atoms with Crippen LogP contribution >= 0.6 is 0 Å². The summed E-state index contributed by atoms with van der Waals surface area (Å²) in [5, 5.41) is 6.68. The van der Waals surface area contributed by atoms with Crippen LogP contribution in [-0.2, 0) is 10.2 Å². The van der Waals surface area contributed by atoms with Crippen molar-refractivity contribution in [3.8, 4) is 0 Å². The normalized spacial score (nSPS) is 13.1. The van der Waals surface area contributed by atoms with Crippen LogP contribution in [0.2, 0.25) is 0 Å². The molecule has 2 N–H and O–H groups in total. The molecule has 0 saturated heterocycles. The van der Waals surface area contributed by atoms with E-state index < -0.39 is 0 Å². The molecule has 0 aliphatic heterocycles. The van der Waals surface area contributed by atoms with Gasteiger partial charge in [-0.15, -0.1) is 0 Å². The third kappa shape index (κ3) is 5.33. The first-order chi connectivity index (χ1) is 9.36. The van der Waals surface area contributed by atoms with E-state index in [1.807, 2.05) is 6.07 Å². The number of hydrogen-bond donors (Lipinski definition) is 2. The predicted molar refractivity (Wildman–Crippen MR) is 84.5 cm³/mol. The van der Waals surface area contributed by atoms with Crippen LogP contribution in [0, 0.1) is 0 Å². The maximum Gasteiger partial charge on any atom is 0.138 e. The summed E-state index contributed by atoms with van der Waals surface area (Å²) in [7, 11) is 1.72. The molecule has 1 aromatic heterocycles. The zero-order valence-electron chi connectivity index (χ0n) is 13.6. The molecule has 0 aliphatic carbocycles. The summed E-state index contributed by atoms with van der Waals surface area (Å²) in [5.41, 5.74) is -0.0718. The first kappa shape index (κ1) is 16.7. The molecule has 0 spiro atoms. The van der Waals surface area contributed by atoms with Crippen LogP contribution < -0.4 is 10.6 Å². The molecule has 0 bridgehead atoms. The van der Waals surface area contributed by atoms with Crippen molar-refractivity contribution in [3.63, 3.8) is 0 Å². The van der Waals surface area contributed by atoms with Gasteiger partial charge in [0.1, 0.15) is 17.5 Å². The third-order valence-electron chi connectivity index (χ3n) is 2.90. The van der Waals surface area contributed by atoms with Crippen molar-refractivity contribution in [2.45, 2.75) is 52.5 Å². The second kappa shape index (κ2) is 7.43. The van der Waals surface area contributed by atoms with Crippen molar-refractivity contribution >= 4 is 11.6 Å². The Kier molecular flexibility index (Phi) is 6.20. The number of nitrogens with one attached hydrogen (secondary N) is 2. The van der Waals surface area contributed by atoms with E-state index in [4.69, 9.17) is 4.74 Å². The second-order valence-corrected chi connectivity index (χ2v) is 6.07. The summed E-state index contributed by atoms with van der Waals surface area (Å²) in [6.45, 7) is 12.1. The first-order valence-corrected chi connectivity index (χ1v) is 7.25. The predicted octanol–water partition coefficient (Wildman–Crippen LogP) is 3.04. The van der Waals surface area contributed by atoms with Gasteiger partial charge in [0.15, 0.2) is 0 Å². The van der Waals surface area contributed by atoms with Gasteiger partial charge in [0, 0.05) is 37.8 Å². The van der Waals surface area contributed by atoms with Crippen molar-refractivity contribution < 1.29 is 4.74 Å². The highest BCUT2D eigenvalue weighted by Gasteiger charge is 2.19. The van der Waals surface area contributed by atoms with Crippen LogP contribution in [0.5, 0.6) is 0 Å². The molecule has 0 aromatic carbocycles. The van der Waals surface area contributed by atoms with Crippen molar-refractivity contribution in [1.29, 1.82) is 0 Å². The maximum atomic E-state index is 5.11. The smallest absolute Gasteiger partial charge is 0.138 e. The van der Waals surface area contributed by atoms with E-state index in [-0.39, 0.29) is 5.41 Å². The summed E-state index contributed by atoms with van der Waals surface area (Å²) in [5.74, 6) is 2.58. The summed E-state index contributed by atoms with van der Waals surface area (Å²) in [6.07, 6.45) is 0.946. The standard InChI is InChI=1S/C15H28N4O/c1-7-16-12-10-13(17-11(2)8-9-20-6)19-14(18-12)15(3,4)5/h10-11H,7-9H2,1-6H3,(H2,16,17,18,19). The van der Waals surface area contributed by atoms with Crippen molar-refractivity contribution in [2.75, 3.05) is 30.9 Å². The monoisotopic (exact) mass is 280 g/mol. The Morgan fingerprint density at radius 2 is 1.90 bits per heavy atom. The van der Waals surface area contributed by atoms with Crippen LogP contribution in [0.25, 0.3) is 0 Å². The molecule has 1 atom stereocenters. The number of methoxy groups -OCH3 is 1. The van der Waals surface area contributed by atoms with Gasteiger partial charge in [0.05, 0.1) is 0 Å². The van der Waals surface area contributed by atoms with E-state index in [0.717, 1.165) is 37.0 Å². The zero-order valence-corrected chi connectivity index (χ0v) is 13.6. The molecule has 0 amide bonds. The van der Waals surface area contributed by atoms with E-state index in [0.29, 0.717) is 6.04 Å². The minimum atomic E-state index is -0.0718. The van der Waals surface area contributed by atoms with E-state index in [1.54, 1.807) is 7.11 Å². The van der Waals surface area contributed by atoms with Crippen LogP contribution in [0.3, 0.4) is 0 Å². The minimum absolute atomic E-state index is 0.0718. The van der Waals surface area contributed by atoms with Gasteiger partial charge in [-0.1, -0.05) is 20.8 Å². The fourth-order valence-corrected chi connectivity index (χ4v) is 1.75. The Morgan fingerprint density at radius 3 is 2.45 bits per heavy atom. The molecule has 5 nitrogen and oxygen atoms in total. The van der Waals surface area contributed by atoms with Crippen molar-refractivity contribution in [3.05, 3.63) is 11.9 Å². The van der Waals surface area contributed by atoms with Gasteiger partial charge >= 0.3 is 0 Å². The van der Waals surface area contributed by atoms with Crippen molar-refractivity contribution in [2.24, 2.45) is 0 Å². The first-order valence-electron chi connectivity index (χ1n) is 7.25. The lowest BCUT2D eigenvalue weighted by Gasteiger charge is -2.21. The lowest BCUT2D eigenvalue weighted by molar-refractivity contribution is 0.191. The van der Waals surface area contributed by atoms with Crippen LogP contribution in [0.4, 0.5) is 11.6 Å². The quantitative estimate of drug-likeness (QED) is 0.804. The molecule has 1 heterocycles. The Hall–Kier alpha value is -1.36. The number of aromatic nitrogens is 2. The largest absolute Gasteiger partial charge is 0.385 e. The van der Waals surface area contributed by atoms with Gasteiger partial charge < -0.3 is 15.4 Å². The molecule has 5 heteroatoms. The summed E-state index contributed by atoms with van der Waals surface area (Å²) in [4.78, 5) is 9.21. The molecule has 0 aliphatic rings. The highest BCUT2D eigenvalue weighted by Crippen LogP contribution is 2.22. The molecular weight excluding hydrogens is 252 g/mol. The SMILES string of the molecule is CCNc1cc(NC(C)CCOC)nc(C(C)(C)C)n1. The highest BCUT2D eigenvalue weighted by molar-refractivity contribution is 5.48. The van der Waals surface area contributed by atoms with Gasteiger partial charge in [-0.05, 0) is 20.3 Å². The van der Waals surface area contributed by atoms with Crippen LogP contribution in [-0.4, -0.2) is 36.3 Å². The van der Waals surface area contributed by atoms with Crippen LogP contribution in [0.15, 0.2) is 6.07 Å². The molecule has 1 rings (SSSR count). The number of nitrogens with zero attached hydrogens (tertiary/aromatic N) is 2. The van der Waals surface area contributed by atoms with E-state index in [1.165, 1.54) is 0 Å². The third-order valence-corrected chi connectivity index (χ3v) is 2.90. The fourth-order valence-electron chi connectivity index (χ4n) is 1.75. The molecule has 114 valence electrons. The lowest BCUT2D eigenvalue weighted by atomic mass is 9.96. The van der Waals surface area contributed by atoms with Gasteiger partial charge in [-0.2, -0.15) is 0 Å². The Labute approximate surface area is 122 Å². The minimum Gasteiger partial charge on any atom is -0.385 e. The van der Waals surface area contributed by atoms with Gasteiger partial charge in [0.2, 0.25) is 0 Å². The molecular formula is C15H28N4O. The number of rotatable bonds is 7. The molecule has 1 unspecified atom stereocenters. The van der Waals surface area contributed by atoms with E-state index in [9.17, 15) is 0 Å². The molecule has 0 fully saturated rings. The Morgan fingerprint density at radius 1 is 1.25 bits per heavy atom. The average molecular weight is 280 g/mol. The van der Waals surface area contributed by atoms with Crippen molar-refractivity contribution in [1.82, 2.24) is 9.97 Å². The number of anilines is 2.